The quantitative estimate of drug-likeness (QED) is 0.755. The van der Waals surface area contributed by atoms with E-state index in [9.17, 15) is 4.79 Å². The summed E-state index contributed by atoms with van der Waals surface area (Å²) in [5, 5.41) is 0. The molecule has 0 bridgehead atoms. The van der Waals surface area contributed by atoms with Gasteiger partial charge in [-0.25, -0.2) is 0 Å². The summed E-state index contributed by atoms with van der Waals surface area (Å²) in [6, 6.07) is 1.83. The molecule has 2 aromatic heterocycles. The summed E-state index contributed by atoms with van der Waals surface area (Å²) in [5.74, 6) is 0. The second-order valence-electron chi connectivity index (χ2n) is 2.38. The van der Waals surface area contributed by atoms with E-state index in [1.165, 1.54) is 0 Å². The second kappa shape index (κ2) is 2.71. The van der Waals surface area contributed by atoms with Crippen molar-refractivity contribution in [2.24, 2.45) is 0 Å². The SMILES string of the molecule is O=Cc1c[nH]c2c(Br)ccnc12. The molecule has 60 valence electrons. The number of rotatable bonds is 1. The van der Waals surface area contributed by atoms with E-state index in [2.05, 4.69) is 25.9 Å². The Kier molecular flexibility index (Phi) is 1.69. The highest BCUT2D eigenvalue weighted by molar-refractivity contribution is 9.10. The molecule has 0 fully saturated rings. The topological polar surface area (TPSA) is 45.8 Å². The lowest BCUT2D eigenvalue weighted by molar-refractivity contribution is 0.112. The molecule has 2 rings (SSSR count). The molecule has 3 nitrogen and oxygen atoms in total. The van der Waals surface area contributed by atoms with E-state index in [0.29, 0.717) is 11.1 Å². The summed E-state index contributed by atoms with van der Waals surface area (Å²) < 4.78 is 0.917. The highest BCUT2D eigenvalue weighted by Crippen LogP contribution is 2.22. The zero-order chi connectivity index (χ0) is 8.55. The van der Waals surface area contributed by atoms with Crippen molar-refractivity contribution in [2.45, 2.75) is 0 Å². The third-order valence-electron chi connectivity index (χ3n) is 1.67. The van der Waals surface area contributed by atoms with Crippen LogP contribution in [0.1, 0.15) is 10.4 Å². The lowest BCUT2D eigenvalue weighted by atomic mass is 10.3. The van der Waals surface area contributed by atoms with E-state index in [1.807, 2.05) is 6.07 Å². The average Bonchev–Trinajstić information content (AvgIpc) is 2.49. The van der Waals surface area contributed by atoms with Crippen LogP contribution in [-0.2, 0) is 0 Å². The summed E-state index contributed by atoms with van der Waals surface area (Å²) in [4.78, 5) is 17.6. The van der Waals surface area contributed by atoms with E-state index in [0.717, 1.165) is 16.3 Å². The van der Waals surface area contributed by atoms with Gasteiger partial charge in [0.1, 0.15) is 0 Å². The van der Waals surface area contributed by atoms with Crippen molar-refractivity contribution in [2.75, 3.05) is 0 Å². The molecule has 2 heterocycles. The molecule has 0 saturated heterocycles. The fraction of sp³-hybridized carbons (Fsp3) is 0. The van der Waals surface area contributed by atoms with Gasteiger partial charge in [0.25, 0.3) is 0 Å². The summed E-state index contributed by atoms with van der Waals surface area (Å²) in [6.45, 7) is 0. The number of nitrogens with zero attached hydrogens (tertiary/aromatic N) is 1. The number of carbonyl (C=O) groups excluding carboxylic acids is 1. The number of aldehydes is 1. The monoisotopic (exact) mass is 224 g/mol. The number of carbonyl (C=O) groups is 1. The third kappa shape index (κ3) is 0.956. The van der Waals surface area contributed by atoms with E-state index in [4.69, 9.17) is 0 Å². The molecule has 0 saturated carbocycles. The smallest absolute Gasteiger partial charge is 0.153 e. The van der Waals surface area contributed by atoms with E-state index < -0.39 is 0 Å². The average molecular weight is 225 g/mol. The molecule has 0 atom stereocenters. The van der Waals surface area contributed by atoms with Gasteiger partial charge < -0.3 is 4.98 Å². The van der Waals surface area contributed by atoms with Gasteiger partial charge >= 0.3 is 0 Å². The molecule has 1 N–H and O–H groups in total. The maximum absolute atomic E-state index is 10.5. The van der Waals surface area contributed by atoms with Crippen LogP contribution in [0.2, 0.25) is 0 Å². The molecular formula is C8H5BrN2O. The molecule has 0 aliphatic rings. The molecular weight excluding hydrogens is 220 g/mol. The number of nitrogens with one attached hydrogen (secondary N) is 1. The Labute approximate surface area is 76.9 Å². The van der Waals surface area contributed by atoms with Crippen molar-refractivity contribution in [3.63, 3.8) is 0 Å². The van der Waals surface area contributed by atoms with Gasteiger partial charge in [-0.3, -0.25) is 9.78 Å². The Morgan fingerprint density at radius 1 is 1.58 bits per heavy atom. The Bertz CT molecular complexity index is 436. The van der Waals surface area contributed by atoms with E-state index in [-0.39, 0.29) is 0 Å². The predicted octanol–water partition coefficient (Wildman–Crippen LogP) is 2.14. The van der Waals surface area contributed by atoms with Crippen LogP contribution in [0.25, 0.3) is 11.0 Å². The summed E-state index contributed by atoms with van der Waals surface area (Å²) in [7, 11) is 0. The number of fused-ring (bicyclic) bond motifs is 1. The lowest BCUT2D eigenvalue weighted by Crippen LogP contribution is -1.79. The van der Waals surface area contributed by atoms with Gasteiger partial charge in [0, 0.05) is 16.9 Å². The van der Waals surface area contributed by atoms with Crippen molar-refractivity contribution in [3.8, 4) is 0 Å². The van der Waals surface area contributed by atoms with E-state index in [1.54, 1.807) is 12.4 Å². The van der Waals surface area contributed by atoms with Gasteiger partial charge in [0.05, 0.1) is 16.6 Å². The number of hydrogen-bond acceptors (Lipinski definition) is 2. The van der Waals surface area contributed by atoms with Crippen LogP contribution in [-0.4, -0.2) is 16.3 Å². The first kappa shape index (κ1) is 7.49. The normalized spacial score (nSPS) is 10.4. The molecule has 12 heavy (non-hydrogen) atoms. The van der Waals surface area contributed by atoms with Crippen molar-refractivity contribution in [1.29, 1.82) is 0 Å². The fourth-order valence-electron chi connectivity index (χ4n) is 1.10. The lowest BCUT2D eigenvalue weighted by Gasteiger charge is -1.91. The first-order valence-electron chi connectivity index (χ1n) is 3.39. The number of aromatic amines is 1. The number of aromatic nitrogens is 2. The van der Waals surface area contributed by atoms with E-state index >= 15 is 0 Å². The van der Waals surface area contributed by atoms with Crippen LogP contribution in [0.3, 0.4) is 0 Å². The van der Waals surface area contributed by atoms with Gasteiger partial charge in [-0.15, -0.1) is 0 Å². The number of hydrogen-bond donors (Lipinski definition) is 1. The van der Waals surface area contributed by atoms with Crippen LogP contribution >= 0.6 is 15.9 Å². The third-order valence-corrected chi connectivity index (χ3v) is 2.33. The van der Waals surface area contributed by atoms with Crippen LogP contribution in [0.4, 0.5) is 0 Å². The largest absolute Gasteiger partial charge is 0.358 e. The summed E-state index contributed by atoms with van der Waals surface area (Å²) in [6.07, 6.45) is 4.10. The summed E-state index contributed by atoms with van der Waals surface area (Å²) >= 11 is 3.35. The molecule has 0 unspecified atom stereocenters. The second-order valence-corrected chi connectivity index (χ2v) is 3.23. The van der Waals surface area contributed by atoms with Gasteiger partial charge in [-0.1, -0.05) is 0 Å². The molecule has 0 aliphatic carbocycles. The maximum atomic E-state index is 10.5. The minimum absolute atomic E-state index is 0.589. The van der Waals surface area contributed by atoms with Crippen molar-refractivity contribution < 1.29 is 4.79 Å². The minimum Gasteiger partial charge on any atom is -0.358 e. The molecule has 0 spiro atoms. The highest BCUT2D eigenvalue weighted by Gasteiger charge is 2.05. The fourth-order valence-corrected chi connectivity index (χ4v) is 1.52. The molecule has 4 heteroatoms. The number of H-pyrrole nitrogens is 1. The Hall–Kier alpha value is -1.16. The first-order chi connectivity index (χ1) is 5.83. The molecule has 2 aromatic rings. The van der Waals surface area contributed by atoms with Gasteiger partial charge in [0.15, 0.2) is 6.29 Å². The summed E-state index contributed by atoms with van der Waals surface area (Å²) in [5.41, 5.74) is 2.16. The molecule has 0 amide bonds. The Morgan fingerprint density at radius 3 is 3.17 bits per heavy atom. The molecule has 0 aliphatic heterocycles. The molecule has 0 aromatic carbocycles. The number of pyridine rings is 1. The standard InChI is InChI=1S/C8H5BrN2O/c9-6-1-2-10-7-5(4-12)3-11-8(6)7/h1-4,11H. The van der Waals surface area contributed by atoms with Crippen LogP contribution in [0, 0.1) is 0 Å². The minimum atomic E-state index is 0.589. The van der Waals surface area contributed by atoms with Crippen molar-refractivity contribution in [3.05, 3.63) is 28.5 Å². The number of halogens is 1. The zero-order valence-electron chi connectivity index (χ0n) is 6.04. The Morgan fingerprint density at radius 2 is 2.42 bits per heavy atom. The van der Waals surface area contributed by atoms with Crippen LogP contribution in [0.15, 0.2) is 22.9 Å². The maximum Gasteiger partial charge on any atom is 0.153 e. The van der Waals surface area contributed by atoms with Crippen LogP contribution in [0.5, 0.6) is 0 Å². The first-order valence-corrected chi connectivity index (χ1v) is 4.19. The van der Waals surface area contributed by atoms with Crippen molar-refractivity contribution >= 4 is 33.2 Å². The predicted molar refractivity (Wildman–Crippen MR) is 49.2 cm³/mol. The molecule has 0 radical (unpaired) electrons. The zero-order valence-corrected chi connectivity index (χ0v) is 7.63. The van der Waals surface area contributed by atoms with Crippen LogP contribution < -0.4 is 0 Å². The van der Waals surface area contributed by atoms with Crippen molar-refractivity contribution in [1.82, 2.24) is 9.97 Å². The van der Waals surface area contributed by atoms with Gasteiger partial charge in [-0.05, 0) is 22.0 Å². The van der Waals surface area contributed by atoms with Gasteiger partial charge in [-0.2, -0.15) is 0 Å². The Balaban J connectivity index is 2.88. The van der Waals surface area contributed by atoms with Gasteiger partial charge in [0.2, 0.25) is 0 Å². The highest BCUT2D eigenvalue weighted by atomic mass is 79.9.